The maximum absolute atomic E-state index is 13.0. The number of amides is 1. The molecule has 8 heteroatoms. The largest absolute Gasteiger partial charge is 0.325 e. The van der Waals surface area contributed by atoms with E-state index in [4.69, 9.17) is 0 Å². The highest BCUT2D eigenvalue weighted by Crippen LogP contribution is 2.28. The van der Waals surface area contributed by atoms with E-state index in [1.807, 2.05) is 35.6 Å². The van der Waals surface area contributed by atoms with Gasteiger partial charge in [0.25, 0.3) is 0 Å². The average Bonchev–Trinajstić information content (AvgIpc) is 3.21. The minimum absolute atomic E-state index is 0.148. The highest BCUT2D eigenvalue weighted by molar-refractivity contribution is 8.00. The van der Waals surface area contributed by atoms with Gasteiger partial charge in [0.05, 0.1) is 16.3 Å². The normalized spacial score (nSPS) is 12.5. The summed E-state index contributed by atoms with van der Waals surface area (Å²) in [5, 5.41) is 10.4. The van der Waals surface area contributed by atoms with Crippen LogP contribution in [0.3, 0.4) is 0 Å². The van der Waals surface area contributed by atoms with Crippen molar-refractivity contribution < 1.29 is 9.18 Å². The highest BCUT2D eigenvalue weighted by Gasteiger charge is 2.22. The van der Waals surface area contributed by atoms with Gasteiger partial charge in [-0.05, 0) is 42.8 Å². The first-order chi connectivity index (χ1) is 12.7. The third-order valence-corrected chi connectivity index (χ3v) is 5.34. The van der Waals surface area contributed by atoms with Gasteiger partial charge in [-0.15, -0.1) is 5.10 Å². The lowest BCUT2D eigenvalue weighted by Gasteiger charge is -2.13. The number of aromatic amines is 1. The molecule has 1 unspecified atom stereocenters. The smallest absolute Gasteiger partial charge is 0.237 e. The maximum Gasteiger partial charge on any atom is 0.237 e. The molecule has 2 heterocycles. The zero-order valence-electron chi connectivity index (χ0n) is 13.9. The average molecular weight is 369 g/mol. The molecule has 132 valence electrons. The summed E-state index contributed by atoms with van der Waals surface area (Å²) in [5.41, 5.74) is 2.37. The number of carbonyl (C=O) groups excluding carboxylic acids is 1. The Morgan fingerprint density at radius 1 is 1.27 bits per heavy atom. The van der Waals surface area contributed by atoms with Gasteiger partial charge in [-0.3, -0.25) is 9.20 Å². The van der Waals surface area contributed by atoms with Gasteiger partial charge in [0.15, 0.2) is 5.16 Å². The predicted molar refractivity (Wildman–Crippen MR) is 99.8 cm³/mol. The summed E-state index contributed by atoms with van der Waals surface area (Å²) in [7, 11) is 0. The third-order valence-electron chi connectivity index (χ3n) is 4.03. The van der Waals surface area contributed by atoms with Crippen molar-refractivity contribution in [1.29, 1.82) is 0 Å². The molecule has 0 fully saturated rings. The van der Waals surface area contributed by atoms with E-state index in [-0.39, 0.29) is 17.0 Å². The number of nitrogens with one attached hydrogen (secondary N) is 2. The SMILES string of the molecule is CCC(Sc1n[nH]c2nc3ccccc3n12)C(=O)Nc1ccc(F)cc1. The first-order valence-electron chi connectivity index (χ1n) is 8.20. The van der Waals surface area contributed by atoms with Crippen LogP contribution in [0.1, 0.15) is 13.3 Å². The molecule has 0 aliphatic rings. The Labute approximate surface area is 152 Å². The van der Waals surface area contributed by atoms with Crippen LogP contribution < -0.4 is 5.32 Å². The number of thioether (sulfide) groups is 1. The summed E-state index contributed by atoms with van der Waals surface area (Å²) in [6, 6.07) is 13.5. The second kappa shape index (κ2) is 6.80. The van der Waals surface area contributed by atoms with Crippen LogP contribution in [-0.2, 0) is 4.79 Å². The molecule has 2 aromatic heterocycles. The van der Waals surface area contributed by atoms with Gasteiger partial charge < -0.3 is 5.32 Å². The number of rotatable bonds is 5. The summed E-state index contributed by atoms with van der Waals surface area (Å²) < 4.78 is 14.9. The lowest BCUT2D eigenvalue weighted by Crippen LogP contribution is -2.24. The number of halogens is 1. The Morgan fingerprint density at radius 3 is 2.81 bits per heavy atom. The zero-order chi connectivity index (χ0) is 18.1. The number of H-pyrrole nitrogens is 1. The zero-order valence-corrected chi connectivity index (χ0v) is 14.8. The summed E-state index contributed by atoms with van der Waals surface area (Å²) in [6.07, 6.45) is 0.624. The van der Waals surface area contributed by atoms with Gasteiger partial charge in [0, 0.05) is 5.69 Å². The van der Waals surface area contributed by atoms with Crippen LogP contribution in [0.15, 0.2) is 53.7 Å². The minimum Gasteiger partial charge on any atom is -0.325 e. The Bertz CT molecular complexity index is 1070. The number of imidazole rings is 1. The van der Waals surface area contributed by atoms with E-state index in [0.717, 1.165) is 11.0 Å². The van der Waals surface area contributed by atoms with Crippen LogP contribution in [0.4, 0.5) is 10.1 Å². The van der Waals surface area contributed by atoms with Crippen molar-refractivity contribution in [3.05, 3.63) is 54.3 Å². The maximum atomic E-state index is 13.0. The van der Waals surface area contributed by atoms with E-state index >= 15 is 0 Å². The molecule has 0 aliphatic heterocycles. The molecular formula is C18H16FN5OS. The fourth-order valence-electron chi connectivity index (χ4n) is 2.73. The number of fused-ring (bicyclic) bond motifs is 3. The van der Waals surface area contributed by atoms with E-state index in [1.54, 1.807) is 12.1 Å². The molecular weight excluding hydrogens is 353 g/mol. The molecule has 0 spiro atoms. The van der Waals surface area contributed by atoms with Crippen LogP contribution in [-0.4, -0.2) is 30.7 Å². The lowest BCUT2D eigenvalue weighted by molar-refractivity contribution is -0.115. The number of para-hydroxylation sites is 2. The Hall–Kier alpha value is -2.87. The number of nitrogens with zero attached hydrogens (tertiary/aromatic N) is 3. The van der Waals surface area contributed by atoms with E-state index in [0.29, 0.717) is 23.0 Å². The van der Waals surface area contributed by atoms with Crippen molar-refractivity contribution in [2.75, 3.05) is 5.32 Å². The van der Waals surface area contributed by atoms with E-state index in [9.17, 15) is 9.18 Å². The summed E-state index contributed by atoms with van der Waals surface area (Å²) in [4.78, 5) is 17.1. The molecule has 0 radical (unpaired) electrons. The second-order valence-corrected chi connectivity index (χ2v) is 6.95. The monoisotopic (exact) mass is 369 g/mol. The van der Waals surface area contributed by atoms with Crippen molar-refractivity contribution in [1.82, 2.24) is 19.6 Å². The quantitative estimate of drug-likeness (QED) is 0.524. The lowest BCUT2D eigenvalue weighted by atomic mass is 10.2. The number of benzene rings is 2. The van der Waals surface area contributed by atoms with Gasteiger partial charge in [-0.25, -0.2) is 14.5 Å². The number of anilines is 1. The van der Waals surface area contributed by atoms with E-state index in [2.05, 4.69) is 20.5 Å². The first-order valence-corrected chi connectivity index (χ1v) is 9.08. The van der Waals surface area contributed by atoms with Crippen LogP contribution in [0.25, 0.3) is 16.8 Å². The van der Waals surface area contributed by atoms with Crippen molar-refractivity contribution >= 4 is 40.2 Å². The molecule has 1 amide bonds. The van der Waals surface area contributed by atoms with Crippen molar-refractivity contribution in [2.45, 2.75) is 23.8 Å². The number of carbonyl (C=O) groups is 1. The number of aromatic nitrogens is 4. The molecule has 1 atom stereocenters. The minimum atomic E-state index is -0.340. The molecule has 4 aromatic rings. The Balaban J connectivity index is 1.59. The van der Waals surface area contributed by atoms with Crippen LogP contribution in [0, 0.1) is 5.82 Å². The van der Waals surface area contributed by atoms with Gasteiger partial charge >= 0.3 is 0 Å². The Morgan fingerprint density at radius 2 is 2.04 bits per heavy atom. The number of hydrogen-bond donors (Lipinski definition) is 2. The molecule has 0 saturated carbocycles. The summed E-state index contributed by atoms with van der Waals surface area (Å²) in [5.74, 6) is 0.155. The summed E-state index contributed by atoms with van der Waals surface area (Å²) in [6.45, 7) is 1.94. The molecule has 0 saturated heterocycles. The van der Waals surface area contributed by atoms with E-state index in [1.165, 1.54) is 23.9 Å². The highest BCUT2D eigenvalue weighted by atomic mass is 32.2. The fraction of sp³-hybridized carbons (Fsp3) is 0.167. The molecule has 26 heavy (non-hydrogen) atoms. The van der Waals surface area contributed by atoms with Crippen molar-refractivity contribution in [3.63, 3.8) is 0 Å². The second-order valence-electron chi connectivity index (χ2n) is 5.78. The topological polar surface area (TPSA) is 75.1 Å². The molecule has 0 bridgehead atoms. The molecule has 0 aliphatic carbocycles. The predicted octanol–water partition coefficient (Wildman–Crippen LogP) is 3.86. The van der Waals surface area contributed by atoms with Gasteiger partial charge in [-0.2, -0.15) is 0 Å². The van der Waals surface area contributed by atoms with Gasteiger partial charge in [0.2, 0.25) is 11.7 Å². The molecule has 6 nitrogen and oxygen atoms in total. The first kappa shape index (κ1) is 16.6. The van der Waals surface area contributed by atoms with Crippen LogP contribution in [0.5, 0.6) is 0 Å². The third kappa shape index (κ3) is 3.03. The van der Waals surface area contributed by atoms with Crippen molar-refractivity contribution in [3.8, 4) is 0 Å². The molecule has 2 N–H and O–H groups in total. The van der Waals surface area contributed by atoms with Gasteiger partial charge in [-0.1, -0.05) is 30.8 Å². The number of hydrogen-bond acceptors (Lipinski definition) is 4. The molecule has 2 aromatic carbocycles. The van der Waals surface area contributed by atoms with Crippen LogP contribution in [0.2, 0.25) is 0 Å². The van der Waals surface area contributed by atoms with Crippen molar-refractivity contribution in [2.24, 2.45) is 0 Å². The van der Waals surface area contributed by atoms with E-state index < -0.39 is 0 Å². The van der Waals surface area contributed by atoms with Crippen LogP contribution >= 0.6 is 11.8 Å². The Kier molecular flexibility index (Phi) is 4.34. The fourth-order valence-corrected chi connectivity index (χ4v) is 3.70. The molecule has 4 rings (SSSR count). The standard InChI is InChI=1S/C18H16FN5OS/c1-2-15(16(25)20-12-9-7-11(19)8-10-12)26-18-23-22-17-21-13-5-3-4-6-14(13)24(17)18/h3-10,15H,2H2,1H3,(H,20,25)(H,21,22). The van der Waals surface area contributed by atoms with Gasteiger partial charge in [0.1, 0.15) is 5.82 Å². The summed E-state index contributed by atoms with van der Waals surface area (Å²) >= 11 is 1.37.